The Morgan fingerprint density at radius 1 is 1.11 bits per heavy atom. The van der Waals surface area contributed by atoms with Crippen molar-refractivity contribution in [2.75, 3.05) is 33.4 Å². The summed E-state index contributed by atoms with van der Waals surface area (Å²) in [7, 11) is 1.45. The highest BCUT2D eigenvalue weighted by Gasteiger charge is 2.32. The van der Waals surface area contributed by atoms with Gasteiger partial charge < -0.3 is 29.4 Å². The Morgan fingerprint density at radius 3 is 2.71 bits per heavy atom. The van der Waals surface area contributed by atoms with Crippen LogP contribution in [-0.2, 0) is 22.0 Å². The Morgan fingerprint density at radius 2 is 1.91 bits per heavy atom. The van der Waals surface area contributed by atoms with E-state index in [9.17, 15) is 13.9 Å². The van der Waals surface area contributed by atoms with Crippen LogP contribution >= 0.6 is 0 Å². The molecular formula is C27H37F2NO5. The van der Waals surface area contributed by atoms with Crippen molar-refractivity contribution < 1.29 is 32.8 Å². The molecule has 1 aliphatic heterocycles. The Hall–Kier alpha value is -2.26. The molecule has 1 heterocycles. The predicted molar refractivity (Wildman–Crippen MR) is 130 cm³/mol. The zero-order valence-corrected chi connectivity index (χ0v) is 20.8. The van der Waals surface area contributed by atoms with E-state index in [1.807, 2.05) is 32.0 Å². The average molecular weight is 494 g/mol. The first-order valence-electron chi connectivity index (χ1n) is 12.1. The lowest BCUT2D eigenvalue weighted by atomic mass is 10.0. The molecule has 0 spiro atoms. The van der Waals surface area contributed by atoms with Gasteiger partial charge in [0, 0.05) is 38.1 Å². The molecule has 0 fully saturated rings. The number of benzene rings is 2. The number of aliphatic hydroxyl groups is 1. The molecule has 2 aromatic rings. The van der Waals surface area contributed by atoms with Gasteiger partial charge in [-0.25, -0.2) is 0 Å². The molecule has 1 aliphatic rings. The highest BCUT2D eigenvalue weighted by Crippen LogP contribution is 2.33. The lowest BCUT2D eigenvalue weighted by Gasteiger charge is -2.33. The number of ether oxygens (including phenoxy) is 4. The van der Waals surface area contributed by atoms with E-state index < -0.39 is 24.4 Å². The molecule has 194 valence electrons. The first-order chi connectivity index (χ1) is 16.7. The van der Waals surface area contributed by atoms with E-state index in [1.54, 1.807) is 12.1 Å². The van der Waals surface area contributed by atoms with Crippen LogP contribution in [-0.4, -0.2) is 44.3 Å². The number of hydrogen-bond acceptors (Lipinski definition) is 6. The Labute approximate surface area is 206 Å². The molecule has 35 heavy (non-hydrogen) atoms. The summed E-state index contributed by atoms with van der Waals surface area (Å²) in [5.41, 5.74) is 1.65. The Bertz CT molecular complexity index is 938. The first kappa shape index (κ1) is 27.3. The van der Waals surface area contributed by atoms with E-state index in [-0.39, 0.29) is 5.56 Å². The zero-order valence-electron chi connectivity index (χ0n) is 20.8. The molecule has 1 atom stereocenters. The lowest BCUT2D eigenvalue weighted by Crippen LogP contribution is -2.35. The molecular weight excluding hydrogens is 456 g/mol. The number of alkyl halides is 2. The van der Waals surface area contributed by atoms with Crippen molar-refractivity contribution in [3.8, 4) is 11.5 Å². The smallest absolute Gasteiger partial charge is 0.296 e. The summed E-state index contributed by atoms with van der Waals surface area (Å²) in [5.74, 6) is -2.49. The fourth-order valence-electron chi connectivity index (χ4n) is 3.86. The van der Waals surface area contributed by atoms with Gasteiger partial charge >= 0.3 is 0 Å². The standard InChI is InChI=1S/C27H37F2NO5/c1-26(2)34-18-21-15-20(11-12-25(21)35-26)24(31)17-30-13-6-4-5-7-14-33-19-27(28,29)22-9-8-10-23(16-22)32-3/h8-12,15-16,24,30-31H,4-7,13-14,17-19H2,1-3H3/t24-/m0/s1. The summed E-state index contributed by atoms with van der Waals surface area (Å²) in [6.07, 6.45) is 2.91. The van der Waals surface area contributed by atoms with Gasteiger partial charge in [-0.2, -0.15) is 8.78 Å². The van der Waals surface area contributed by atoms with Crippen molar-refractivity contribution in [2.24, 2.45) is 0 Å². The minimum Gasteiger partial charge on any atom is -0.497 e. The second-order valence-corrected chi connectivity index (χ2v) is 9.28. The molecule has 8 heteroatoms. The summed E-state index contributed by atoms with van der Waals surface area (Å²) in [4.78, 5) is 0. The van der Waals surface area contributed by atoms with Crippen molar-refractivity contribution in [1.29, 1.82) is 0 Å². The lowest BCUT2D eigenvalue weighted by molar-refractivity contribution is -0.180. The van der Waals surface area contributed by atoms with Crippen LogP contribution in [0.5, 0.6) is 11.5 Å². The fourth-order valence-corrected chi connectivity index (χ4v) is 3.86. The van der Waals surface area contributed by atoms with Gasteiger partial charge in [0.2, 0.25) is 5.79 Å². The number of aliphatic hydroxyl groups excluding tert-OH is 1. The molecule has 0 aliphatic carbocycles. The average Bonchev–Trinajstić information content (AvgIpc) is 2.84. The molecule has 0 amide bonds. The molecule has 0 saturated carbocycles. The van der Waals surface area contributed by atoms with Gasteiger partial charge in [-0.05, 0) is 49.2 Å². The quantitative estimate of drug-likeness (QED) is 0.347. The first-order valence-corrected chi connectivity index (χ1v) is 12.1. The maximum Gasteiger partial charge on any atom is 0.296 e. The monoisotopic (exact) mass is 493 g/mol. The highest BCUT2D eigenvalue weighted by atomic mass is 19.3. The maximum absolute atomic E-state index is 14.3. The molecule has 0 unspecified atom stereocenters. The van der Waals surface area contributed by atoms with Crippen LogP contribution in [0.25, 0.3) is 0 Å². The van der Waals surface area contributed by atoms with E-state index in [4.69, 9.17) is 18.9 Å². The van der Waals surface area contributed by atoms with E-state index in [1.165, 1.54) is 19.2 Å². The van der Waals surface area contributed by atoms with Crippen LogP contribution in [0, 0.1) is 0 Å². The van der Waals surface area contributed by atoms with Gasteiger partial charge in [-0.15, -0.1) is 0 Å². The number of methoxy groups -OCH3 is 1. The molecule has 0 radical (unpaired) electrons. The summed E-state index contributed by atoms with van der Waals surface area (Å²) >= 11 is 0. The number of rotatable bonds is 14. The van der Waals surface area contributed by atoms with Crippen molar-refractivity contribution in [1.82, 2.24) is 5.32 Å². The van der Waals surface area contributed by atoms with E-state index in [2.05, 4.69) is 5.32 Å². The zero-order chi connectivity index (χ0) is 25.3. The van der Waals surface area contributed by atoms with Gasteiger partial charge in [0.15, 0.2) is 0 Å². The van der Waals surface area contributed by atoms with E-state index >= 15 is 0 Å². The largest absolute Gasteiger partial charge is 0.497 e. The van der Waals surface area contributed by atoms with Gasteiger partial charge in [-0.3, -0.25) is 0 Å². The maximum atomic E-state index is 14.3. The summed E-state index contributed by atoms with van der Waals surface area (Å²) in [6.45, 7) is 5.09. The van der Waals surface area contributed by atoms with Gasteiger partial charge in [0.25, 0.3) is 5.92 Å². The number of nitrogens with one attached hydrogen (secondary N) is 1. The third kappa shape index (κ3) is 8.42. The third-order valence-electron chi connectivity index (χ3n) is 5.91. The summed E-state index contributed by atoms with van der Waals surface area (Å²) < 4.78 is 50.2. The molecule has 0 bridgehead atoms. The molecule has 6 nitrogen and oxygen atoms in total. The number of fused-ring (bicyclic) bond motifs is 1. The van der Waals surface area contributed by atoms with E-state index in [0.717, 1.165) is 49.1 Å². The van der Waals surface area contributed by atoms with Crippen LogP contribution < -0.4 is 14.8 Å². The van der Waals surface area contributed by atoms with Gasteiger partial charge in [0.1, 0.15) is 18.1 Å². The molecule has 0 aromatic heterocycles. The Balaban J connectivity index is 1.24. The minimum atomic E-state index is -3.05. The normalized spacial score (nSPS) is 15.8. The van der Waals surface area contributed by atoms with Crippen LogP contribution in [0.2, 0.25) is 0 Å². The summed E-state index contributed by atoms with van der Waals surface area (Å²) in [6, 6.07) is 11.6. The second kappa shape index (κ2) is 12.6. The van der Waals surface area contributed by atoms with Crippen LogP contribution in [0.3, 0.4) is 0 Å². The molecule has 0 saturated heterocycles. The fraction of sp³-hybridized carbons (Fsp3) is 0.556. The van der Waals surface area contributed by atoms with E-state index in [0.29, 0.717) is 25.5 Å². The third-order valence-corrected chi connectivity index (χ3v) is 5.91. The minimum absolute atomic E-state index is 0.105. The van der Waals surface area contributed by atoms with Crippen LogP contribution in [0.15, 0.2) is 42.5 Å². The predicted octanol–water partition coefficient (Wildman–Crippen LogP) is 5.33. The molecule has 2 N–H and O–H groups in total. The summed E-state index contributed by atoms with van der Waals surface area (Å²) in [5, 5.41) is 13.7. The van der Waals surface area contributed by atoms with Gasteiger partial charge in [0.05, 0.1) is 19.8 Å². The van der Waals surface area contributed by atoms with Crippen LogP contribution in [0.4, 0.5) is 8.78 Å². The van der Waals surface area contributed by atoms with Gasteiger partial charge in [-0.1, -0.05) is 31.0 Å². The highest BCUT2D eigenvalue weighted by molar-refractivity contribution is 5.39. The van der Waals surface area contributed by atoms with Crippen molar-refractivity contribution in [2.45, 2.75) is 64.0 Å². The van der Waals surface area contributed by atoms with Crippen molar-refractivity contribution >= 4 is 0 Å². The second-order valence-electron chi connectivity index (χ2n) is 9.28. The van der Waals surface area contributed by atoms with Crippen molar-refractivity contribution in [3.05, 3.63) is 59.2 Å². The SMILES string of the molecule is COc1cccc(C(F)(F)COCCCCCCNC[C@H](O)c2ccc3c(c2)COC(C)(C)O3)c1. The topological polar surface area (TPSA) is 69.2 Å². The molecule has 3 rings (SSSR count). The van der Waals surface area contributed by atoms with Crippen LogP contribution in [0.1, 0.15) is 62.3 Å². The van der Waals surface area contributed by atoms with Crippen molar-refractivity contribution in [3.63, 3.8) is 0 Å². The molecule has 2 aromatic carbocycles. The number of halogens is 2. The number of hydrogen-bond donors (Lipinski definition) is 2. The Kier molecular flexibility index (Phi) is 9.86. The number of unbranched alkanes of at least 4 members (excludes halogenated alkanes) is 3.